The SMILES string of the molecule is Cn1c(C2CCNC2)cc2c(=O)[nH]ccc21. The monoisotopic (exact) mass is 217 g/mol. The van der Waals surface area contributed by atoms with Crippen LogP contribution >= 0.6 is 0 Å². The highest BCUT2D eigenvalue weighted by molar-refractivity contribution is 5.80. The van der Waals surface area contributed by atoms with Crippen molar-refractivity contribution in [3.63, 3.8) is 0 Å². The van der Waals surface area contributed by atoms with Gasteiger partial charge in [0, 0.05) is 31.4 Å². The molecule has 1 atom stereocenters. The van der Waals surface area contributed by atoms with Gasteiger partial charge >= 0.3 is 0 Å². The summed E-state index contributed by atoms with van der Waals surface area (Å²) in [6.07, 6.45) is 2.86. The molecule has 0 amide bonds. The third kappa shape index (κ3) is 1.30. The van der Waals surface area contributed by atoms with Gasteiger partial charge in [-0.05, 0) is 25.1 Å². The molecular formula is C12H15N3O. The lowest BCUT2D eigenvalue weighted by Gasteiger charge is -2.09. The summed E-state index contributed by atoms with van der Waals surface area (Å²) >= 11 is 0. The molecule has 1 aliphatic heterocycles. The minimum Gasteiger partial charge on any atom is -0.347 e. The normalized spacial score (nSPS) is 20.7. The lowest BCUT2D eigenvalue weighted by atomic mass is 10.1. The van der Waals surface area contributed by atoms with E-state index in [-0.39, 0.29) is 5.56 Å². The number of hydrogen-bond acceptors (Lipinski definition) is 2. The fourth-order valence-electron chi connectivity index (χ4n) is 2.59. The number of hydrogen-bond donors (Lipinski definition) is 2. The molecule has 2 N–H and O–H groups in total. The third-order valence-corrected chi connectivity index (χ3v) is 3.50. The maximum absolute atomic E-state index is 11.7. The molecular weight excluding hydrogens is 202 g/mol. The largest absolute Gasteiger partial charge is 0.347 e. The van der Waals surface area contributed by atoms with Crippen molar-refractivity contribution in [3.05, 3.63) is 34.4 Å². The third-order valence-electron chi connectivity index (χ3n) is 3.50. The van der Waals surface area contributed by atoms with Crippen molar-refractivity contribution < 1.29 is 0 Å². The van der Waals surface area contributed by atoms with E-state index in [1.807, 2.05) is 19.2 Å². The smallest absolute Gasteiger partial charge is 0.257 e. The number of nitrogens with zero attached hydrogens (tertiary/aromatic N) is 1. The quantitative estimate of drug-likeness (QED) is 0.747. The van der Waals surface area contributed by atoms with Gasteiger partial charge in [0.2, 0.25) is 0 Å². The highest BCUT2D eigenvalue weighted by Crippen LogP contribution is 2.26. The van der Waals surface area contributed by atoms with Crippen molar-refractivity contribution >= 4 is 10.9 Å². The average Bonchev–Trinajstić information content (AvgIpc) is 2.88. The number of aromatic amines is 1. The molecule has 1 unspecified atom stereocenters. The first-order valence-corrected chi connectivity index (χ1v) is 5.65. The Morgan fingerprint density at radius 3 is 3.06 bits per heavy atom. The van der Waals surface area contributed by atoms with E-state index in [9.17, 15) is 4.79 Å². The summed E-state index contributed by atoms with van der Waals surface area (Å²) in [5.41, 5.74) is 2.28. The van der Waals surface area contributed by atoms with Crippen LogP contribution in [0.4, 0.5) is 0 Å². The Bertz CT molecular complexity index is 575. The summed E-state index contributed by atoms with van der Waals surface area (Å²) in [4.78, 5) is 14.4. The summed E-state index contributed by atoms with van der Waals surface area (Å²) in [5.74, 6) is 0.539. The minimum absolute atomic E-state index is 0.00491. The highest BCUT2D eigenvalue weighted by atomic mass is 16.1. The molecule has 1 fully saturated rings. The van der Waals surface area contributed by atoms with Crippen molar-refractivity contribution in [1.82, 2.24) is 14.9 Å². The summed E-state index contributed by atoms with van der Waals surface area (Å²) in [6.45, 7) is 2.09. The molecule has 3 rings (SSSR count). The van der Waals surface area contributed by atoms with Crippen LogP contribution in [0.25, 0.3) is 10.9 Å². The molecule has 4 heteroatoms. The van der Waals surface area contributed by atoms with Crippen molar-refractivity contribution in [2.75, 3.05) is 13.1 Å². The van der Waals surface area contributed by atoms with Crippen LogP contribution in [0.1, 0.15) is 18.0 Å². The first-order valence-electron chi connectivity index (χ1n) is 5.65. The van der Waals surface area contributed by atoms with Gasteiger partial charge in [-0.15, -0.1) is 0 Å². The van der Waals surface area contributed by atoms with E-state index in [0.717, 1.165) is 30.4 Å². The summed E-state index contributed by atoms with van der Waals surface area (Å²) in [7, 11) is 2.04. The second-order valence-corrected chi connectivity index (χ2v) is 4.42. The second kappa shape index (κ2) is 3.49. The fraction of sp³-hybridized carbons (Fsp3) is 0.417. The molecule has 16 heavy (non-hydrogen) atoms. The zero-order valence-corrected chi connectivity index (χ0v) is 9.29. The van der Waals surface area contributed by atoms with Gasteiger partial charge in [-0.2, -0.15) is 0 Å². The molecule has 4 nitrogen and oxygen atoms in total. The lowest BCUT2D eigenvalue weighted by molar-refractivity contribution is 0.694. The molecule has 3 heterocycles. The Balaban J connectivity index is 2.22. The Morgan fingerprint density at radius 1 is 1.50 bits per heavy atom. The molecule has 0 spiro atoms. The van der Waals surface area contributed by atoms with Crippen molar-refractivity contribution in [2.24, 2.45) is 7.05 Å². The minimum atomic E-state index is 0.00491. The van der Waals surface area contributed by atoms with E-state index in [1.165, 1.54) is 5.69 Å². The van der Waals surface area contributed by atoms with E-state index >= 15 is 0 Å². The molecule has 2 aromatic rings. The molecule has 0 aromatic carbocycles. The van der Waals surface area contributed by atoms with Crippen LogP contribution in [0.3, 0.4) is 0 Å². The molecule has 0 saturated carbocycles. The van der Waals surface area contributed by atoms with Gasteiger partial charge in [0.15, 0.2) is 0 Å². The van der Waals surface area contributed by atoms with Gasteiger partial charge in [-0.3, -0.25) is 4.79 Å². The van der Waals surface area contributed by atoms with Gasteiger partial charge < -0.3 is 14.9 Å². The van der Waals surface area contributed by atoms with E-state index in [2.05, 4.69) is 14.9 Å². The molecule has 0 bridgehead atoms. The first kappa shape index (κ1) is 9.66. The number of rotatable bonds is 1. The Morgan fingerprint density at radius 2 is 2.38 bits per heavy atom. The molecule has 0 aliphatic carbocycles. The van der Waals surface area contributed by atoms with E-state index in [1.54, 1.807) is 6.20 Å². The molecule has 2 aromatic heterocycles. The van der Waals surface area contributed by atoms with Crippen molar-refractivity contribution in [1.29, 1.82) is 0 Å². The summed E-state index contributed by atoms with van der Waals surface area (Å²) < 4.78 is 2.14. The zero-order valence-electron chi connectivity index (χ0n) is 9.29. The Hall–Kier alpha value is -1.55. The number of nitrogens with one attached hydrogen (secondary N) is 2. The van der Waals surface area contributed by atoms with Crippen LogP contribution < -0.4 is 10.9 Å². The number of fused-ring (bicyclic) bond motifs is 1. The second-order valence-electron chi connectivity index (χ2n) is 4.42. The lowest BCUT2D eigenvalue weighted by Crippen LogP contribution is -2.10. The fourth-order valence-corrected chi connectivity index (χ4v) is 2.59. The average molecular weight is 217 g/mol. The maximum atomic E-state index is 11.7. The Labute approximate surface area is 93.3 Å². The zero-order chi connectivity index (χ0) is 11.1. The van der Waals surface area contributed by atoms with E-state index in [4.69, 9.17) is 0 Å². The highest BCUT2D eigenvalue weighted by Gasteiger charge is 2.21. The topological polar surface area (TPSA) is 49.8 Å². The number of pyridine rings is 1. The van der Waals surface area contributed by atoms with Gasteiger partial charge in [-0.1, -0.05) is 0 Å². The van der Waals surface area contributed by atoms with Crippen LogP contribution in [0.15, 0.2) is 23.1 Å². The number of aryl methyl sites for hydroxylation is 1. The van der Waals surface area contributed by atoms with Crippen LogP contribution in [0.2, 0.25) is 0 Å². The molecule has 0 radical (unpaired) electrons. The van der Waals surface area contributed by atoms with Crippen LogP contribution in [0.5, 0.6) is 0 Å². The van der Waals surface area contributed by atoms with E-state index in [0.29, 0.717) is 5.92 Å². The van der Waals surface area contributed by atoms with Gasteiger partial charge in [0.25, 0.3) is 5.56 Å². The van der Waals surface area contributed by atoms with Crippen LogP contribution in [0, 0.1) is 0 Å². The number of aromatic nitrogens is 2. The van der Waals surface area contributed by atoms with E-state index < -0.39 is 0 Å². The first-order chi connectivity index (χ1) is 7.77. The maximum Gasteiger partial charge on any atom is 0.257 e. The molecule has 1 saturated heterocycles. The summed E-state index contributed by atoms with van der Waals surface area (Å²) in [5, 5.41) is 4.16. The molecule has 1 aliphatic rings. The van der Waals surface area contributed by atoms with Crippen LogP contribution in [-0.2, 0) is 7.05 Å². The number of H-pyrrole nitrogens is 1. The predicted molar refractivity (Wildman–Crippen MR) is 63.8 cm³/mol. The molecule has 84 valence electrons. The van der Waals surface area contributed by atoms with Gasteiger partial charge in [0.1, 0.15) is 0 Å². The van der Waals surface area contributed by atoms with Gasteiger partial charge in [-0.25, -0.2) is 0 Å². The standard InChI is InChI=1S/C12H15N3O/c1-15-10-3-5-14-12(16)9(10)6-11(15)8-2-4-13-7-8/h3,5-6,8,13H,2,4,7H2,1H3,(H,14,16). The Kier molecular flexibility index (Phi) is 2.11. The van der Waals surface area contributed by atoms with Crippen LogP contribution in [-0.4, -0.2) is 22.6 Å². The van der Waals surface area contributed by atoms with Crippen molar-refractivity contribution in [3.8, 4) is 0 Å². The summed E-state index contributed by atoms with van der Waals surface area (Å²) in [6, 6.07) is 3.99. The van der Waals surface area contributed by atoms with Gasteiger partial charge in [0.05, 0.1) is 10.9 Å². The van der Waals surface area contributed by atoms with Crippen molar-refractivity contribution in [2.45, 2.75) is 12.3 Å². The predicted octanol–water partition coefficient (Wildman–Crippen LogP) is 0.943.